The Balaban J connectivity index is 1.66. The van der Waals surface area contributed by atoms with Crippen molar-refractivity contribution >= 4 is 17.5 Å². The molecule has 0 aliphatic carbocycles. The number of nitrogens with zero attached hydrogens (tertiary/aromatic N) is 1. The second-order valence-corrected chi connectivity index (χ2v) is 7.31. The van der Waals surface area contributed by atoms with Gasteiger partial charge in [0.25, 0.3) is 5.91 Å². The fraction of sp³-hybridized carbons (Fsp3) is 0.391. The van der Waals surface area contributed by atoms with Crippen LogP contribution in [0.4, 0.5) is 5.69 Å². The minimum Gasteiger partial charge on any atom is -0.371 e. The molecular formula is C23H29N3O2. The van der Waals surface area contributed by atoms with Crippen molar-refractivity contribution in [2.24, 2.45) is 0 Å². The van der Waals surface area contributed by atoms with E-state index in [4.69, 9.17) is 0 Å². The number of benzene rings is 2. The number of carbonyl (C=O) groups excluding carboxylic acids is 2. The molecule has 1 atom stereocenters. The molecule has 2 amide bonds. The molecule has 0 aromatic heterocycles. The lowest BCUT2D eigenvalue weighted by Gasteiger charge is -2.35. The van der Waals surface area contributed by atoms with Gasteiger partial charge in [0.1, 0.15) is 0 Å². The number of nitrogens with one attached hydrogen (secondary N) is 2. The Morgan fingerprint density at radius 1 is 1.04 bits per heavy atom. The first-order valence-electron chi connectivity index (χ1n) is 10.1. The van der Waals surface area contributed by atoms with Gasteiger partial charge < -0.3 is 15.5 Å². The fourth-order valence-corrected chi connectivity index (χ4v) is 3.64. The van der Waals surface area contributed by atoms with Crippen LogP contribution in [0, 0.1) is 0 Å². The van der Waals surface area contributed by atoms with Gasteiger partial charge in [0, 0.05) is 31.2 Å². The number of para-hydroxylation sites is 1. The average Bonchev–Trinajstić information content (AvgIpc) is 2.74. The third-order valence-electron chi connectivity index (χ3n) is 5.32. The fourth-order valence-electron chi connectivity index (χ4n) is 3.64. The summed E-state index contributed by atoms with van der Waals surface area (Å²) in [4.78, 5) is 26.8. The van der Waals surface area contributed by atoms with Crippen LogP contribution in [0.5, 0.6) is 0 Å². The summed E-state index contributed by atoms with van der Waals surface area (Å²) in [5.41, 5.74) is 2.74. The lowest BCUT2D eigenvalue weighted by molar-refractivity contribution is -0.121. The Hall–Kier alpha value is -2.82. The van der Waals surface area contributed by atoms with Crippen LogP contribution in [0.1, 0.15) is 55.1 Å². The summed E-state index contributed by atoms with van der Waals surface area (Å²) in [7, 11) is 0. The minimum atomic E-state index is -0.0617. The Morgan fingerprint density at radius 2 is 1.68 bits per heavy atom. The highest BCUT2D eigenvalue weighted by Gasteiger charge is 2.24. The SMILES string of the molecule is CCC(=O)NC1CCN(c2ccccc2C(=O)NC(C)c2ccccc2)CC1. The van der Waals surface area contributed by atoms with Crippen molar-refractivity contribution in [3.8, 4) is 0 Å². The van der Waals surface area contributed by atoms with E-state index in [1.165, 1.54) is 0 Å². The Kier molecular flexibility index (Phi) is 6.69. The lowest BCUT2D eigenvalue weighted by Crippen LogP contribution is -2.45. The van der Waals surface area contributed by atoms with Gasteiger partial charge >= 0.3 is 0 Å². The number of piperidine rings is 1. The van der Waals surface area contributed by atoms with Gasteiger partial charge in [-0.05, 0) is 37.5 Å². The third kappa shape index (κ3) is 4.91. The molecule has 1 aliphatic heterocycles. The number of rotatable bonds is 6. The van der Waals surface area contributed by atoms with Gasteiger partial charge in [-0.25, -0.2) is 0 Å². The number of hydrogen-bond acceptors (Lipinski definition) is 3. The Bertz CT molecular complexity index is 799. The summed E-state index contributed by atoms with van der Waals surface area (Å²) in [6.45, 7) is 5.52. The van der Waals surface area contributed by atoms with E-state index in [0.717, 1.165) is 37.2 Å². The van der Waals surface area contributed by atoms with E-state index in [-0.39, 0.29) is 23.9 Å². The molecule has 0 spiro atoms. The lowest BCUT2D eigenvalue weighted by atomic mass is 10.0. The molecule has 1 unspecified atom stereocenters. The van der Waals surface area contributed by atoms with Crippen molar-refractivity contribution in [2.45, 2.75) is 45.2 Å². The zero-order valence-corrected chi connectivity index (χ0v) is 16.7. The van der Waals surface area contributed by atoms with Gasteiger partial charge in [0.15, 0.2) is 0 Å². The summed E-state index contributed by atoms with van der Waals surface area (Å²) in [5.74, 6) is 0.0430. The van der Waals surface area contributed by atoms with Crippen LogP contribution in [0.15, 0.2) is 54.6 Å². The second kappa shape index (κ2) is 9.40. The van der Waals surface area contributed by atoms with Crippen molar-refractivity contribution in [1.29, 1.82) is 0 Å². The molecule has 5 heteroatoms. The third-order valence-corrected chi connectivity index (χ3v) is 5.32. The van der Waals surface area contributed by atoms with Crippen molar-refractivity contribution in [1.82, 2.24) is 10.6 Å². The second-order valence-electron chi connectivity index (χ2n) is 7.31. The van der Waals surface area contributed by atoms with Gasteiger partial charge in [0.05, 0.1) is 11.6 Å². The molecule has 1 fully saturated rings. The highest BCUT2D eigenvalue weighted by Crippen LogP contribution is 2.25. The Labute approximate surface area is 167 Å². The molecule has 3 rings (SSSR count). The van der Waals surface area contributed by atoms with E-state index < -0.39 is 0 Å². The molecule has 1 aliphatic rings. The zero-order valence-electron chi connectivity index (χ0n) is 16.7. The molecule has 2 aromatic rings. The van der Waals surface area contributed by atoms with Gasteiger partial charge in [-0.15, -0.1) is 0 Å². The molecule has 28 heavy (non-hydrogen) atoms. The first kappa shape index (κ1) is 19.9. The molecule has 0 bridgehead atoms. The molecule has 0 saturated carbocycles. The van der Waals surface area contributed by atoms with E-state index in [0.29, 0.717) is 12.0 Å². The van der Waals surface area contributed by atoms with Crippen LogP contribution in [-0.4, -0.2) is 30.9 Å². The maximum absolute atomic E-state index is 12.9. The molecule has 2 aromatic carbocycles. The predicted molar refractivity (Wildman–Crippen MR) is 112 cm³/mol. The highest BCUT2D eigenvalue weighted by molar-refractivity contribution is 6.00. The molecular weight excluding hydrogens is 350 g/mol. The number of amides is 2. The maximum Gasteiger partial charge on any atom is 0.253 e. The van der Waals surface area contributed by atoms with Gasteiger partial charge in [-0.1, -0.05) is 49.4 Å². The van der Waals surface area contributed by atoms with Crippen LogP contribution >= 0.6 is 0 Å². The minimum absolute atomic E-state index is 0.0586. The first-order chi connectivity index (χ1) is 13.6. The van der Waals surface area contributed by atoms with E-state index in [9.17, 15) is 9.59 Å². The summed E-state index contributed by atoms with van der Waals surface area (Å²) in [5, 5.41) is 6.19. The van der Waals surface area contributed by atoms with Gasteiger partial charge in [-0.3, -0.25) is 9.59 Å². The van der Waals surface area contributed by atoms with Crippen molar-refractivity contribution < 1.29 is 9.59 Å². The van der Waals surface area contributed by atoms with Crippen molar-refractivity contribution in [2.75, 3.05) is 18.0 Å². The molecule has 148 valence electrons. The van der Waals surface area contributed by atoms with Crippen LogP contribution in [0.2, 0.25) is 0 Å². The topological polar surface area (TPSA) is 61.4 Å². The van der Waals surface area contributed by atoms with Crippen molar-refractivity contribution in [3.05, 3.63) is 65.7 Å². The number of anilines is 1. The summed E-state index contributed by atoms with van der Waals surface area (Å²) in [6, 6.07) is 17.9. The number of hydrogen-bond donors (Lipinski definition) is 2. The molecule has 1 heterocycles. The van der Waals surface area contributed by atoms with Crippen LogP contribution in [-0.2, 0) is 4.79 Å². The first-order valence-corrected chi connectivity index (χ1v) is 10.1. The predicted octanol–water partition coefficient (Wildman–Crippen LogP) is 3.67. The molecule has 1 saturated heterocycles. The van der Waals surface area contributed by atoms with E-state index >= 15 is 0 Å². The van der Waals surface area contributed by atoms with E-state index in [1.807, 2.05) is 68.4 Å². The Morgan fingerprint density at radius 3 is 2.36 bits per heavy atom. The average molecular weight is 380 g/mol. The normalized spacial score (nSPS) is 15.7. The smallest absolute Gasteiger partial charge is 0.253 e. The largest absolute Gasteiger partial charge is 0.371 e. The van der Waals surface area contributed by atoms with Crippen LogP contribution in [0.3, 0.4) is 0 Å². The van der Waals surface area contributed by atoms with Gasteiger partial charge in [0.2, 0.25) is 5.91 Å². The monoisotopic (exact) mass is 379 g/mol. The number of carbonyl (C=O) groups is 2. The maximum atomic E-state index is 12.9. The van der Waals surface area contributed by atoms with E-state index in [1.54, 1.807) is 0 Å². The van der Waals surface area contributed by atoms with E-state index in [2.05, 4.69) is 15.5 Å². The quantitative estimate of drug-likeness (QED) is 0.805. The zero-order chi connectivity index (χ0) is 19.9. The summed E-state index contributed by atoms with van der Waals surface area (Å²) in [6.07, 6.45) is 2.30. The van der Waals surface area contributed by atoms with Gasteiger partial charge in [-0.2, -0.15) is 0 Å². The molecule has 2 N–H and O–H groups in total. The molecule has 5 nitrogen and oxygen atoms in total. The van der Waals surface area contributed by atoms with Crippen LogP contribution in [0.25, 0.3) is 0 Å². The van der Waals surface area contributed by atoms with Crippen LogP contribution < -0.4 is 15.5 Å². The standard InChI is InChI=1S/C23H29N3O2/c1-3-22(27)25-19-13-15-26(16-14-19)21-12-8-7-11-20(21)23(28)24-17(2)18-9-5-4-6-10-18/h4-12,17,19H,3,13-16H2,1-2H3,(H,24,28)(H,25,27). The molecule has 0 radical (unpaired) electrons. The summed E-state index contributed by atoms with van der Waals surface area (Å²) < 4.78 is 0. The van der Waals surface area contributed by atoms with Crippen molar-refractivity contribution in [3.63, 3.8) is 0 Å². The highest BCUT2D eigenvalue weighted by atomic mass is 16.2. The summed E-state index contributed by atoms with van der Waals surface area (Å²) >= 11 is 0.